The van der Waals surface area contributed by atoms with Crippen LogP contribution >= 0.6 is 22.6 Å². The van der Waals surface area contributed by atoms with Gasteiger partial charge in [0, 0.05) is 9.61 Å². The molecule has 0 aliphatic rings. The van der Waals surface area contributed by atoms with Gasteiger partial charge in [-0.05, 0) is 65.4 Å². The molecule has 1 unspecified atom stereocenters. The van der Waals surface area contributed by atoms with Gasteiger partial charge in [0.2, 0.25) is 0 Å². The molecule has 18 heavy (non-hydrogen) atoms. The maximum atomic E-state index is 12.9. The SMILES string of the molecule is CNC(Cc1ccc(F)cc1)c1ccccc1I. The van der Waals surface area contributed by atoms with Crippen LogP contribution in [0.3, 0.4) is 0 Å². The molecular weight excluding hydrogens is 340 g/mol. The fourth-order valence-corrected chi connectivity index (χ4v) is 2.74. The Morgan fingerprint density at radius 2 is 1.78 bits per heavy atom. The number of benzene rings is 2. The summed E-state index contributed by atoms with van der Waals surface area (Å²) in [6, 6.07) is 15.3. The molecule has 0 radical (unpaired) electrons. The van der Waals surface area contributed by atoms with Crippen molar-refractivity contribution in [3.63, 3.8) is 0 Å². The van der Waals surface area contributed by atoms with Crippen molar-refractivity contribution in [3.8, 4) is 0 Å². The largest absolute Gasteiger partial charge is 0.313 e. The quantitative estimate of drug-likeness (QED) is 0.820. The molecule has 0 bridgehead atoms. The minimum atomic E-state index is -0.186. The highest BCUT2D eigenvalue weighted by molar-refractivity contribution is 14.1. The molecule has 2 aromatic carbocycles. The summed E-state index contributed by atoms with van der Waals surface area (Å²) in [6.45, 7) is 0. The Morgan fingerprint density at radius 1 is 1.11 bits per heavy atom. The molecule has 0 amide bonds. The highest BCUT2D eigenvalue weighted by Crippen LogP contribution is 2.23. The minimum absolute atomic E-state index is 0.186. The van der Waals surface area contributed by atoms with Gasteiger partial charge in [0.1, 0.15) is 5.82 Å². The van der Waals surface area contributed by atoms with Crippen LogP contribution in [-0.4, -0.2) is 7.05 Å². The van der Waals surface area contributed by atoms with Crippen molar-refractivity contribution in [1.29, 1.82) is 0 Å². The Kier molecular flexibility index (Phi) is 4.72. The molecule has 1 atom stereocenters. The van der Waals surface area contributed by atoms with Crippen molar-refractivity contribution in [2.45, 2.75) is 12.5 Å². The molecule has 0 aromatic heterocycles. The first kappa shape index (κ1) is 13.5. The first-order chi connectivity index (χ1) is 8.70. The summed E-state index contributed by atoms with van der Waals surface area (Å²) >= 11 is 2.35. The lowest BCUT2D eigenvalue weighted by atomic mass is 9.99. The first-order valence-corrected chi connectivity index (χ1v) is 6.94. The molecule has 0 aliphatic carbocycles. The van der Waals surface area contributed by atoms with Crippen molar-refractivity contribution in [3.05, 3.63) is 69.0 Å². The second-order valence-corrected chi connectivity index (χ2v) is 5.36. The summed E-state index contributed by atoms with van der Waals surface area (Å²) in [6.07, 6.45) is 0.858. The number of nitrogens with one attached hydrogen (secondary N) is 1. The van der Waals surface area contributed by atoms with E-state index in [9.17, 15) is 4.39 Å². The second kappa shape index (κ2) is 6.29. The zero-order valence-electron chi connectivity index (χ0n) is 10.2. The second-order valence-electron chi connectivity index (χ2n) is 4.19. The van der Waals surface area contributed by atoms with Crippen LogP contribution in [0, 0.1) is 9.39 Å². The van der Waals surface area contributed by atoms with E-state index in [0.717, 1.165) is 12.0 Å². The molecule has 2 rings (SSSR count). The lowest BCUT2D eigenvalue weighted by Crippen LogP contribution is -2.19. The van der Waals surface area contributed by atoms with E-state index < -0.39 is 0 Å². The maximum absolute atomic E-state index is 12.9. The van der Waals surface area contributed by atoms with Crippen LogP contribution in [0.2, 0.25) is 0 Å². The molecule has 1 N–H and O–H groups in total. The Hall–Kier alpha value is -0.940. The van der Waals surface area contributed by atoms with E-state index in [-0.39, 0.29) is 11.9 Å². The van der Waals surface area contributed by atoms with E-state index in [1.54, 1.807) is 0 Å². The van der Waals surface area contributed by atoms with E-state index in [2.05, 4.69) is 40.0 Å². The predicted molar refractivity (Wildman–Crippen MR) is 81.1 cm³/mol. The number of likely N-dealkylation sites (N-methyl/N-ethyl adjacent to an activating group) is 1. The third-order valence-electron chi connectivity index (χ3n) is 2.98. The number of hydrogen-bond donors (Lipinski definition) is 1. The fourth-order valence-electron chi connectivity index (χ4n) is 1.98. The normalized spacial score (nSPS) is 12.4. The van der Waals surface area contributed by atoms with Crippen molar-refractivity contribution in [2.75, 3.05) is 7.05 Å². The van der Waals surface area contributed by atoms with E-state index in [0.29, 0.717) is 0 Å². The van der Waals surface area contributed by atoms with E-state index in [1.165, 1.54) is 21.3 Å². The Balaban J connectivity index is 2.20. The maximum Gasteiger partial charge on any atom is 0.123 e. The standard InChI is InChI=1S/C15H15FIN/c1-18-15(13-4-2-3-5-14(13)17)10-11-6-8-12(16)9-7-11/h2-9,15,18H,10H2,1H3. The molecule has 0 spiro atoms. The molecule has 0 fully saturated rings. The number of halogens is 2. The Morgan fingerprint density at radius 3 is 2.39 bits per heavy atom. The van der Waals surface area contributed by atoms with Crippen LogP contribution in [0.25, 0.3) is 0 Å². The van der Waals surface area contributed by atoms with Crippen LogP contribution < -0.4 is 5.32 Å². The fraction of sp³-hybridized carbons (Fsp3) is 0.200. The van der Waals surface area contributed by atoms with E-state index >= 15 is 0 Å². The lowest BCUT2D eigenvalue weighted by molar-refractivity contribution is 0.586. The third kappa shape index (κ3) is 3.29. The van der Waals surface area contributed by atoms with Crippen molar-refractivity contribution in [2.24, 2.45) is 0 Å². The predicted octanol–water partition coefficient (Wildman–Crippen LogP) is 3.93. The van der Waals surface area contributed by atoms with E-state index in [4.69, 9.17) is 0 Å². The molecule has 3 heteroatoms. The minimum Gasteiger partial charge on any atom is -0.313 e. The summed E-state index contributed by atoms with van der Waals surface area (Å²) in [5.74, 6) is -0.186. The summed E-state index contributed by atoms with van der Waals surface area (Å²) in [4.78, 5) is 0. The summed E-state index contributed by atoms with van der Waals surface area (Å²) in [5.41, 5.74) is 2.42. The molecule has 0 heterocycles. The highest BCUT2D eigenvalue weighted by Gasteiger charge is 2.12. The van der Waals surface area contributed by atoms with Gasteiger partial charge in [-0.3, -0.25) is 0 Å². The zero-order valence-corrected chi connectivity index (χ0v) is 12.3. The van der Waals surface area contributed by atoms with Crippen molar-refractivity contribution < 1.29 is 4.39 Å². The van der Waals surface area contributed by atoms with Crippen LogP contribution in [0.5, 0.6) is 0 Å². The van der Waals surface area contributed by atoms with Crippen molar-refractivity contribution >= 4 is 22.6 Å². The van der Waals surface area contributed by atoms with E-state index in [1.807, 2.05) is 31.3 Å². The van der Waals surface area contributed by atoms with Gasteiger partial charge in [0.15, 0.2) is 0 Å². The summed E-state index contributed by atoms with van der Waals surface area (Å²) in [7, 11) is 1.96. The van der Waals surface area contributed by atoms with Crippen LogP contribution in [-0.2, 0) is 6.42 Å². The summed E-state index contributed by atoms with van der Waals surface area (Å²) in [5, 5.41) is 3.32. The van der Waals surface area contributed by atoms with Gasteiger partial charge in [-0.25, -0.2) is 4.39 Å². The van der Waals surface area contributed by atoms with Crippen LogP contribution in [0.15, 0.2) is 48.5 Å². The molecule has 1 nitrogen and oxygen atoms in total. The molecule has 0 saturated heterocycles. The van der Waals surface area contributed by atoms with Crippen molar-refractivity contribution in [1.82, 2.24) is 5.32 Å². The smallest absolute Gasteiger partial charge is 0.123 e. The van der Waals surface area contributed by atoms with Gasteiger partial charge < -0.3 is 5.32 Å². The highest BCUT2D eigenvalue weighted by atomic mass is 127. The van der Waals surface area contributed by atoms with Gasteiger partial charge in [0.25, 0.3) is 0 Å². The number of hydrogen-bond acceptors (Lipinski definition) is 1. The lowest BCUT2D eigenvalue weighted by Gasteiger charge is -2.18. The molecule has 2 aromatic rings. The molecular formula is C15H15FIN. The van der Waals surface area contributed by atoms with Gasteiger partial charge in [-0.15, -0.1) is 0 Å². The Bertz CT molecular complexity index is 510. The number of rotatable bonds is 4. The topological polar surface area (TPSA) is 12.0 Å². The van der Waals surface area contributed by atoms with Gasteiger partial charge in [0.05, 0.1) is 0 Å². The monoisotopic (exact) mass is 355 g/mol. The van der Waals surface area contributed by atoms with Gasteiger partial charge in [-0.1, -0.05) is 30.3 Å². The van der Waals surface area contributed by atoms with Gasteiger partial charge in [-0.2, -0.15) is 0 Å². The average Bonchev–Trinajstić information content (AvgIpc) is 2.39. The van der Waals surface area contributed by atoms with Crippen LogP contribution in [0.4, 0.5) is 4.39 Å². The Labute approximate surface area is 121 Å². The first-order valence-electron chi connectivity index (χ1n) is 5.87. The molecule has 0 aliphatic heterocycles. The average molecular weight is 355 g/mol. The third-order valence-corrected chi connectivity index (χ3v) is 3.96. The zero-order chi connectivity index (χ0) is 13.0. The summed E-state index contributed by atoms with van der Waals surface area (Å²) < 4.78 is 14.1. The van der Waals surface area contributed by atoms with Crippen LogP contribution in [0.1, 0.15) is 17.2 Å². The molecule has 0 saturated carbocycles. The van der Waals surface area contributed by atoms with Gasteiger partial charge >= 0.3 is 0 Å². The molecule has 94 valence electrons.